The van der Waals surface area contributed by atoms with Gasteiger partial charge in [0.05, 0.1) is 4.47 Å². The summed E-state index contributed by atoms with van der Waals surface area (Å²) in [6, 6.07) is 3.94. The fraction of sp³-hybridized carbons (Fsp3) is 0.400. The number of hydrogen-bond donors (Lipinski definition) is 1. The molecule has 0 unspecified atom stereocenters. The smallest absolute Gasteiger partial charge is 0.231 e. The predicted molar refractivity (Wildman–Crippen MR) is 55.7 cm³/mol. The van der Waals surface area contributed by atoms with Gasteiger partial charge >= 0.3 is 0 Å². The lowest BCUT2D eigenvalue weighted by Gasteiger charge is -2.05. The summed E-state index contributed by atoms with van der Waals surface area (Å²) in [4.78, 5) is 0. The van der Waals surface area contributed by atoms with Crippen LogP contribution in [0.3, 0.4) is 0 Å². The maximum Gasteiger partial charge on any atom is 0.231 e. The maximum absolute atomic E-state index is 8.75. The molecule has 1 aliphatic heterocycles. The second-order valence-corrected chi connectivity index (χ2v) is 3.95. The minimum absolute atomic E-state index is 0.200. The van der Waals surface area contributed by atoms with Gasteiger partial charge in [-0.05, 0) is 40.4 Å². The third-order valence-electron chi connectivity index (χ3n) is 2.16. The van der Waals surface area contributed by atoms with Crippen LogP contribution in [-0.2, 0) is 6.42 Å². The zero-order chi connectivity index (χ0) is 9.97. The van der Waals surface area contributed by atoms with Crippen LogP contribution < -0.4 is 9.47 Å². The van der Waals surface area contributed by atoms with Crippen molar-refractivity contribution in [3.8, 4) is 11.5 Å². The Morgan fingerprint density at radius 1 is 1.29 bits per heavy atom. The second-order valence-electron chi connectivity index (χ2n) is 3.10. The highest BCUT2D eigenvalue weighted by molar-refractivity contribution is 9.10. The summed E-state index contributed by atoms with van der Waals surface area (Å²) < 4.78 is 11.6. The Hall–Kier alpha value is -0.740. The first kappa shape index (κ1) is 9.80. The van der Waals surface area contributed by atoms with Crippen LogP contribution in [0.5, 0.6) is 11.5 Å². The fourth-order valence-corrected chi connectivity index (χ4v) is 1.91. The molecule has 0 saturated carbocycles. The largest absolute Gasteiger partial charge is 0.453 e. The first-order valence-electron chi connectivity index (χ1n) is 4.51. The summed E-state index contributed by atoms with van der Waals surface area (Å²) in [6.45, 7) is 0.482. The van der Waals surface area contributed by atoms with Crippen molar-refractivity contribution in [2.24, 2.45) is 0 Å². The number of ether oxygens (including phenoxy) is 2. The summed E-state index contributed by atoms with van der Waals surface area (Å²) in [5.74, 6) is 1.59. The van der Waals surface area contributed by atoms with E-state index in [1.807, 2.05) is 12.1 Å². The number of aliphatic hydroxyl groups excluding tert-OH is 1. The highest BCUT2D eigenvalue weighted by atomic mass is 79.9. The highest BCUT2D eigenvalue weighted by Gasteiger charge is 2.20. The fourth-order valence-electron chi connectivity index (χ4n) is 1.49. The molecule has 1 aromatic rings. The minimum atomic E-state index is 0.200. The molecule has 4 heteroatoms. The summed E-state index contributed by atoms with van der Waals surface area (Å²) in [5, 5.41) is 8.75. The van der Waals surface area contributed by atoms with Crippen LogP contribution in [0, 0.1) is 0 Å². The number of benzene rings is 1. The molecule has 0 aromatic heterocycles. The first-order valence-corrected chi connectivity index (χ1v) is 5.30. The number of aliphatic hydroxyl groups is 1. The normalized spacial score (nSPS) is 13.3. The van der Waals surface area contributed by atoms with E-state index >= 15 is 0 Å². The molecule has 0 amide bonds. The molecular formula is C10H11BrO3. The molecule has 1 aliphatic rings. The monoisotopic (exact) mass is 258 g/mol. The van der Waals surface area contributed by atoms with Crippen molar-refractivity contribution >= 4 is 15.9 Å². The van der Waals surface area contributed by atoms with E-state index in [-0.39, 0.29) is 13.4 Å². The van der Waals surface area contributed by atoms with Crippen molar-refractivity contribution in [1.82, 2.24) is 0 Å². The van der Waals surface area contributed by atoms with E-state index < -0.39 is 0 Å². The quantitative estimate of drug-likeness (QED) is 0.903. The van der Waals surface area contributed by atoms with Crippen LogP contribution >= 0.6 is 15.9 Å². The molecule has 76 valence electrons. The van der Waals surface area contributed by atoms with E-state index in [2.05, 4.69) is 15.9 Å². The van der Waals surface area contributed by atoms with Crippen molar-refractivity contribution in [2.45, 2.75) is 12.8 Å². The topological polar surface area (TPSA) is 38.7 Å². The van der Waals surface area contributed by atoms with E-state index in [4.69, 9.17) is 14.6 Å². The van der Waals surface area contributed by atoms with E-state index in [1.165, 1.54) is 0 Å². The molecule has 0 radical (unpaired) electrons. The van der Waals surface area contributed by atoms with Gasteiger partial charge in [-0.15, -0.1) is 0 Å². The Balaban J connectivity index is 2.29. The number of halogens is 1. The third-order valence-corrected chi connectivity index (χ3v) is 2.78. The van der Waals surface area contributed by atoms with Crippen molar-refractivity contribution in [3.05, 3.63) is 22.2 Å². The second kappa shape index (κ2) is 4.19. The Bertz CT molecular complexity index is 338. The van der Waals surface area contributed by atoms with Gasteiger partial charge in [-0.2, -0.15) is 0 Å². The van der Waals surface area contributed by atoms with Crippen molar-refractivity contribution in [2.75, 3.05) is 13.4 Å². The van der Waals surface area contributed by atoms with Crippen LogP contribution in [0.15, 0.2) is 16.6 Å². The highest BCUT2D eigenvalue weighted by Crippen LogP contribution is 2.41. The Labute approximate surface area is 90.8 Å². The van der Waals surface area contributed by atoms with Gasteiger partial charge < -0.3 is 14.6 Å². The van der Waals surface area contributed by atoms with Gasteiger partial charge in [0, 0.05) is 6.61 Å². The van der Waals surface area contributed by atoms with Crippen LogP contribution in [0.4, 0.5) is 0 Å². The summed E-state index contributed by atoms with van der Waals surface area (Å²) in [7, 11) is 0. The molecule has 0 atom stereocenters. The number of rotatable bonds is 3. The molecule has 14 heavy (non-hydrogen) atoms. The number of hydrogen-bond acceptors (Lipinski definition) is 3. The van der Waals surface area contributed by atoms with Gasteiger partial charge in [-0.1, -0.05) is 6.07 Å². The maximum atomic E-state index is 8.75. The van der Waals surface area contributed by atoms with Crippen molar-refractivity contribution < 1.29 is 14.6 Å². The lowest BCUT2D eigenvalue weighted by atomic mass is 10.1. The molecule has 0 aliphatic carbocycles. The lowest BCUT2D eigenvalue weighted by molar-refractivity contribution is 0.172. The zero-order valence-corrected chi connectivity index (χ0v) is 9.21. The van der Waals surface area contributed by atoms with E-state index in [0.717, 1.165) is 34.4 Å². The van der Waals surface area contributed by atoms with E-state index in [9.17, 15) is 0 Å². The molecule has 0 bridgehead atoms. The predicted octanol–water partition coefficient (Wildman–Crippen LogP) is 2.10. The summed E-state index contributed by atoms with van der Waals surface area (Å²) in [5.41, 5.74) is 1.09. The molecule has 2 rings (SSSR count). The summed E-state index contributed by atoms with van der Waals surface area (Å²) in [6.07, 6.45) is 1.56. The SMILES string of the molecule is OCCCc1ccc(Br)c2c1OCO2. The van der Waals surface area contributed by atoms with Crippen LogP contribution in [0.25, 0.3) is 0 Å². The zero-order valence-electron chi connectivity index (χ0n) is 7.62. The molecule has 0 fully saturated rings. The van der Waals surface area contributed by atoms with Crippen molar-refractivity contribution in [1.29, 1.82) is 0 Å². The Morgan fingerprint density at radius 3 is 2.86 bits per heavy atom. The molecule has 0 spiro atoms. The molecule has 1 heterocycles. The van der Waals surface area contributed by atoms with Gasteiger partial charge in [0.15, 0.2) is 11.5 Å². The van der Waals surface area contributed by atoms with Gasteiger partial charge in [0.1, 0.15) is 0 Å². The van der Waals surface area contributed by atoms with E-state index in [0.29, 0.717) is 0 Å². The van der Waals surface area contributed by atoms with Crippen LogP contribution in [0.1, 0.15) is 12.0 Å². The number of aryl methyl sites for hydroxylation is 1. The lowest BCUT2D eigenvalue weighted by Crippen LogP contribution is -1.95. The standard InChI is InChI=1S/C10H11BrO3/c11-8-4-3-7(2-1-5-12)9-10(8)14-6-13-9/h3-4,12H,1-2,5-6H2. The first-order chi connectivity index (χ1) is 6.83. The van der Waals surface area contributed by atoms with Crippen LogP contribution in [-0.4, -0.2) is 18.5 Å². The summed E-state index contributed by atoms with van der Waals surface area (Å²) >= 11 is 3.40. The molecule has 1 aromatic carbocycles. The van der Waals surface area contributed by atoms with Crippen molar-refractivity contribution in [3.63, 3.8) is 0 Å². The van der Waals surface area contributed by atoms with Crippen LogP contribution in [0.2, 0.25) is 0 Å². The molecule has 0 saturated heterocycles. The van der Waals surface area contributed by atoms with E-state index in [1.54, 1.807) is 0 Å². The molecule has 1 N–H and O–H groups in total. The minimum Gasteiger partial charge on any atom is -0.453 e. The van der Waals surface area contributed by atoms with Gasteiger partial charge in [0.25, 0.3) is 0 Å². The Morgan fingerprint density at radius 2 is 2.07 bits per heavy atom. The Kier molecular flexibility index (Phi) is 2.93. The average Bonchev–Trinajstić information content (AvgIpc) is 2.66. The average molecular weight is 259 g/mol. The van der Waals surface area contributed by atoms with Gasteiger partial charge in [0.2, 0.25) is 6.79 Å². The molecule has 3 nitrogen and oxygen atoms in total. The van der Waals surface area contributed by atoms with Gasteiger partial charge in [-0.25, -0.2) is 0 Å². The number of fused-ring (bicyclic) bond motifs is 1. The third kappa shape index (κ3) is 1.72. The van der Waals surface area contributed by atoms with Gasteiger partial charge in [-0.3, -0.25) is 0 Å². The molecular weight excluding hydrogens is 248 g/mol.